The SMILES string of the molecule is COc1ccc(-c2nnc(Nc3ccc(C)c(-c4cc5cnc(C)cc5n(C)c4=O)c3)o2)cc1. The number of pyridine rings is 2. The van der Waals surface area contributed by atoms with Crippen LogP contribution in [-0.4, -0.2) is 26.9 Å². The van der Waals surface area contributed by atoms with E-state index in [1.54, 1.807) is 24.9 Å². The molecule has 0 aliphatic heterocycles. The van der Waals surface area contributed by atoms with E-state index in [0.717, 1.165) is 44.7 Å². The summed E-state index contributed by atoms with van der Waals surface area (Å²) in [7, 11) is 3.40. The minimum atomic E-state index is -0.0714. The molecule has 0 bridgehead atoms. The minimum Gasteiger partial charge on any atom is -0.497 e. The fraction of sp³-hybridized carbons (Fsp3) is 0.154. The number of hydrogen-bond acceptors (Lipinski definition) is 7. The first-order valence-electron chi connectivity index (χ1n) is 10.8. The van der Waals surface area contributed by atoms with Crippen molar-refractivity contribution in [3.8, 4) is 28.3 Å². The van der Waals surface area contributed by atoms with Crippen molar-refractivity contribution in [1.29, 1.82) is 0 Å². The molecule has 0 amide bonds. The van der Waals surface area contributed by atoms with Gasteiger partial charge in [-0.1, -0.05) is 11.2 Å². The lowest BCUT2D eigenvalue weighted by atomic mass is 9.99. The van der Waals surface area contributed by atoms with E-state index < -0.39 is 0 Å². The molecule has 0 aliphatic carbocycles. The normalized spacial score (nSPS) is 11.1. The highest BCUT2D eigenvalue weighted by molar-refractivity contribution is 5.85. The predicted octanol–water partition coefficient (Wildman–Crippen LogP) is 5.02. The Hall–Kier alpha value is -4.46. The van der Waals surface area contributed by atoms with Crippen LogP contribution in [0, 0.1) is 13.8 Å². The molecule has 0 spiro atoms. The molecular formula is C26H23N5O3. The Morgan fingerprint density at radius 3 is 2.53 bits per heavy atom. The average molecular weight is 454 g/mol. The summed E-state index contributed by atoms with van der Waals surface area (Å²) in [5.41, 5.74) is 5.57. The van der Waals surface area contributed by atoms with Gasteiger partial charge in [0.25, 0.3) is 5.56 Å². The number of ether oxygens (including phenoxy) is 1. The van der Waals surface area contributed by atoms with Gasteiger partial charge in [0.1, 0.15) is 5.75 Å². The van der Waals surface area contributed by atoms with Gasteiger partial charge in [-0.2, -0.15) is 0 Å². The Kier molecular flexibility index (Phi) is 5.33. The first-order valence-corrected chi connectivity index (χ1v) is 10.8. The van der Waals surface area contributed by atoms with E-state index in [1.807, 2.05) is 68.4 Å². The maximum Gasteiger partial charge on any atom is 0.320 e. The summed E-state index contributed by atoms with van der Waals surface area (Å²) in [4.78, 5) is 17.6. The number of hydrogen-bond donors (Lipinski definition) is 1. The van der Waals surface area contributed by atoms with Gasteiger partial charge in [0.05, 0.1) is 12.6 Å². The number of nitrogens with one attached hydrogen (secondary N) is 1. The second kappa shape index (κ2) is 8.47. The number of anilines is 2. The molecule has 5 aromatic rings. The molecule has 5 rings (SSSR count). The lowest BCUT2D eigenvalue weighted by Crippen LogP contribution is -2.19. The second-order valence-corrected chi connectivity index (χ2v) is 8.10. The summed E-state index contributed by atoms with van der Waals surface area (Å²) in [5, 5.41) is 12.3. The second-order valence-electron chi connectivity index (χ2n) is 8.10. The maximum atomic E-state index is 13.2. The molecular weight excluding hydrogens is 430 g/mol. The zero-order chi connectivity index (χ0) is 23.8. The Balaban J connectivity index is 1.48. The first kappa shape index (κ1) is 21.4. The van der Waals surface area contributed by atoms with Crippen molar-refractivity contribution in [2.45, 2.75) is 13.8 Å². The van der Waals surface area contributed by atoms with Crippen LogP contribution in [0.5, 0.6) is 5.75 Å². The van der Waals surface area contributed by atoms with E-state index in [2.05, 4.69) is 20.5 Å². The molecule has 0 atom stereocenters. The molecule has 0 saturated carbocycles. The summed E-state index contributed by atoms with van der Waals surface area (Å²) in [5.74, 6) is 1.14. The van der Waals surface area contributed by atoms with E-state index in [4.69, 9.17) is 9.15 Å². The number of benzene rings is 2. The number of methoxy groups -OCH3 is 1. The van der Waals surface area contributed by atoms with Crippen LogP contribution in [0.1, 0.15) is 11.3 Å². The first-order chi connectivity index (χ1) is 16.4. The smallest absolute Gasteiger partial charge is 0.320 e. The lowest BCUT2D eigenvalue weighted by molar-refractivity contribution is 0.415. The van der Waals surface area contributed by atoms with Gasteiger partial charge >= 0.3 is 6.01 Å². The standard InChI is InChI=1S/C26H23N5O3/c1-15-5-8-19(28-26-30-29-24(34-26)17-6-9-20(33-4)10-7-17)13-21(15)22-12-18-14-27-16(2)11-23(18)31(3)25(22)32/h5-14H,1-4H3,(H,28,30). The lowest BCUT2D eigenvalue weighted by Gasteiger charge is -2.12. The number of nitrogens with zero attached hydrogens (tertiary/aromatic N) is 4. The van der Waals surface area contributed by atoms with Gasteiger partial charge in [-0.25, -0.2) is 0 Å². The molecule has 0 unspecified atom stereocenters. The van der Waals surface area contributed by atoms with Gasteiger partial charge in [-0.3, -0.25) is 9.78 Å². The molecule has 8 heteroatoms. The summed E-state index contributed by atoms with van der Waals surface area (Å²) >= 11 is 0. The van der Waals surface area contributed by atoms with Gasteiger partial charge in [0.2, 0.25) is 5.89 Å². The Labute approximate surface area is 195 Å². The molecule has 0 aliphatic rings. The quantitative estimate of drug-likeness (QED) is 0.399. The third-order valence-electron chi connectivity index (χ3n) is 5.79. The van der Waals surface area contributed by atoms with Crippen molar-refractivity contribution in [3.63, 3.8) is 0 Å². The highest BCUT2D eigenvalue weighted by Crippen LogP contribution is 2.29. The molecule has 1 N–H and O–H groups in total. The van der Waals surface area contributed by atoms with Gasteiger partial charge in [-0.15, -0.1) is 5.10 Å². The molecule has 3 aromatic heterocycles. The van der Waals surface area contributed by atoms with Crippen LogP contribution >= 0.6 is 0 Å². The zero-order valence-corrected chi connectivity index (χ0v) is 19.3. The van der Waals surface area contributed by atoms with Gasteiger partial charge in [0, 0.05) is 41.1 Å². The number of rotatable bonds is 5. The Morgan fingerprint density at radius 2 is 1.76 bits per heavy atom. The van der Waals surface area contributed by atoms with Crippen LogP contribution in [0.25, 0.3) is 33.5 Å². The molecule has 0 fully saturated rings. The topological polar surface area (TPSA) is 95.1 Å². The highest BCUT2D eigenvalue weighted by Gasteiger charge is 2.14. The van der Waals surface area contributed by atoms with Crippen LogP contribution in [0.3, 0.4) is 0 Å². The Morgan fingerprint density at radius 1 is 0.971 bits per heavy atom. The maximum absolute atomic E-state index is 13.2. The monoisotopic (exact) mass is 453 g/mol. The van der Waals surface area contributed by atoms with Crippen LogP contribution < -0.4 is 15.6 Å². The van der Waals surface area contributed by atoms with E-state index in [1.165, 1.54) is 0 Å². The van der Waals surface area contributed by atoms with Crippen molar-refractivity contribution in [3.05, 3.63) is 82.4 Å². The van der Waals surface area contributed by atoms with E-state index in [-0.39, 0.29) is 11.6 Å². The van der Waals surface area contributed by atoms with Gasteiger partial charge < -0.3 is 19.0 Å². The van der Waals surface area contributed by atoms with Crippen molar-refractivity contribution < 1.29 is 9.15 Å². The molecule has 0 radical (unpaired) electrons. The largest absolute Gasteiger partial charge is 0.497 e. The molecule has 34 heavy (non-hydrogen) atoms. The third-order valence-corrected chi connectivity index (χ3v) is 5.79. The molecule has 170 valence electrons. The van der Waals surface area contributed by atoms with Crippen LogP contribution in [0.4, 0.5) is 11.7 Å². The van der Waals surface area contributed by atoms with E-state index >= 15 is 0 Å². The summed E-state index contributed by atoms with van der Waals surface area (Å²) in [6, 6.07) is 17.2. The molecule has 8 nitrogen and oxygen atoms in total. The van der Waals surface area contributed by atoms with Crippen molar-refractivity contribution in [2.75, 3.05) is 12.4 Å². The molecule has 0 saturated heterocycles. The number of fused-ring (bicyclic) bond motifs is 1. The Bertz CT molecular complexity index is 1570. The summed E-state index contributed by atoms with van der Waals surface area (Å²) in [6.07, 6.45) is 1.80. The van der Waals surface area contributed by atoms with Crippen molar-refractivity contribution >= 4 is 22.6 Å². The molecule has 2 aromatic carbocycles. The van der Waals surface area contributed by atoms with Crippen LogP contribution in [-0.2, 0) is 7.05 Å². The minimum absolute atomic E-state index is 0.0714. The predicted molar refractivity (Wildman–Crippen MR) is 131 cm³/mol. The zero-order valence-electron chi connectivity index (χ0n) is 19.3. The summed E-state index contributed by atoms with van der Waals surface area (Å²) < 4.78 is 12.6. The van der Waals surface area contributed by atoms with Gasteiger partial charge in [0.15, 0.2) is 0 Å². The van der Waals surface area contributed by atoms with E-state index in [0.29, 0.717) is 11.5 Å². The van der Waals surface area contributed by atoms with Gasteiger partial charge in [-0.05, 0) is 73.5 Å². The van der Waals surface area contributed by atoms with Crippen LogP contribution in [0.15, 0.2) is 70.0 Å². The van der Waals surface area contributed by atoms with Crippen LogP contribution in [0.2, 0.25) is 0 Å². The average Bonchev–Trinajstić information content (AvgIpc) is 3.31. The fourth-order valence-corrected chi connectivity index (χ4v) is 3.90. The highest BCUT2D eigenvalue weighted by atomic mass is 16.5. The van der Waals surface area contributed by atoms with E-state index in [9.17, 15) is 4.79 Å². The number of aromatic nitrogens is 4. The van der Waals surface area contributed by atoms with Crippen molar-refractivity contribution in [1.82, 2.24) is 19.7 Å². The fourth-order valence-electron chi connectivity index (χ4n) is 3.90. The molecule has 3 heterocycles. The number of aryl methyl sites for hydroxylation is 3. The summed E-state index contributed by atoms with van der Waals surface area (Å²) in [6.45, 7) is 3.89. The van der Waals surface area contributed by atoms with Crippen molar-refractivity contribution in [2.24, 2.45) is 7.05 Å². The third kappa shape index (κ3) is 3.90.